The predicted octanol–water partition coefficient (Wildman–Crippen LogP) is 2.14. The molecule has 1 fully saturated rings. The van der Waals surface area contributed by atoms with E-state index in [1.807, 2.05) is 10.7 Å². The first-order valence-corrected chi connectivity index (χ1v) is 5.88. The van der Waals surface area contributed by atoms with Crippen molar-refractivity contribution in [1.29, 1.82) is 0 Å². The first-order chi connectivity index (χ1) is 8.40. The molecule has 1 saturated heterocycles. The Morgan fingerprint density at radius 1 is 1.47 bits per heavy atom. The zero-order valence-corrected chi connectivity index (χ0v) is 9.80. The number of pyridine rings is 1. The van der Waals surface area contributed by atoms with Crippen LogP contribution in [0.4, 0.5) is 0 Å². The van der Waals surface area contributed by atoms with Gasteiger partial charge in [0.05, 0.1) is 24.2 Å². The van der Waals surface area contributed by atoms with Gasteiger partial charge in [-0.05, 0) is 25.3 Å². The Morgan fingerprint density at radius 3 is 3.18 bits per heavy atom. The number of nitrogens with zero attached hydrogens (tertiary/aromatic N) is 3. The number of hydrogen-bond acceptors (Lipinski definition) is 4. The van der Waals surface area contributed by atoms with Crippen molar-refractivity contribution in [3.8, 4) is 5.88 Å². The van der Waals surface area contributed by atoms with Crippen LogP contribution in [0.2, 0.25) is 0 Å². The summed E-state index contributed by atoms with van der Waals surface area (Å²) in [6.45, 7) is 0.814. The molecule has 2 aromatic heterocycles. The lowest BCUT2D eigenvalue weighted by atomic mass is 10.2. The minimum atomic E-state index is 0.0494. The number of fused-ring (bicyclic) bond motifs is 1. The average molecular weight is 233 g/mol. The molecule has 17 heavy (non-hydrogen) atoms. The van der Waals surface area contributed by atoms with E-state index in [0.717, 1.165) is 30.4 Å². The van der Waals surface area contributed by atoms with Crippen LogP contribution in [0.5, 0.6) is 5.88 Å². The number of ether oxygens (including phenoxy) is 2. The van der Waals surface area contributed by atoms with Crippen LogP contribution >= 0.6 is 0 Å². The quantitative estimate of drug-likeness (QED) is 0.797. The Labute approximate surface area is 99.4 Å². The van der Waals surface area contributed by atoms with E-state index < -0.39 is 0 Å². The number of hydrogen-bond donors (Lipinski definition) is 0. The molecule has 0 radical (unpaired) electrons. The van der Waals surface area contributed by atoms with E-state index in [-0.39, 0.29) is 6.23 Å². The van der Waals surface area contributed by atoms with Gasteiger partial charge in [-0.2, -0.15) is 5.10 Å². The molecule has 0 N–H and O–H groups in total. The van der Waals surface area contributed by atoms with Crippen LogP contribution in [0.3, 0.4) is 0 Å². The minimum Gasteiger partial charge on any atom is -0.480 e. The van der Waals surface area contributed by atoms with Crippen molar-refractivity contribution >= 4 is 10.9 Å². The maximum absolute atomic E-state index is 5.74. The van der Waals surface area contributed by atoms with Gasteiger partial charge in [-0.25, -0.2) is 9.67 Å². The minimum absolute atomic E-state index is 0.0494. The van der Waals surface area contributed by atoms with Crippen molar-refractivity contribution in [2.75, 3.05) is 13.7 Å². The summed E-state index contributed by atoms with van der Waals surface area (Å²) in [5.41, 5.74) is 1.02. The fourth-order valence-electron chi connectivity index (χ4n) is 2.26. The van der Waals surface area contributed by atoms with E-state index in [0.29, 0.717) is 5.88 Å². The summed E-state index contributed by atoms with van der Waals surface area (Å²) in [6.07, 6.45) is 6.92. The van der Waals surface area contributed by atoms with Crippen LogP contribution in [0.1, 0.15) is 25.5 Å². The zero-order valence-electron chi connectivity index (χ0n) is 9.80. The Balaban J connectivity index is 2.05. The molecule has 0 spiro atoms. The molecule has 0 aromatic carbocycles. The maximum Gasteiger partial charge on any atom is 0.224 e. The van der Waals surface area contributed by atoms with Gasteiger partial charge in [0.25, 0.3) is 0 Å². The van der Waals surface area contributed by atoms with Gasteiger partial charge < -0.3 is 9.47 Å². The molecule has 3 heterocycles. The second-order valence-corrected chi connectivity index (χ2v) is 4.16. The fourth-order valence-corrected chi connectivity index (χ4v) is 2.26. The number of methoxy groups -OCH3 is 1. The van der Waals surface area contributed by atoms with Gasteiger partial charge in [-0.1, -0.05) is 0 Å². The zero-order chi connectivity index (χ0) is 11.7. The van der Waals surface area contributed by atoms with Crippen LogP contribution in [0.25, 0.3) is 10.9 Å². The molecule has 2 aromatic rings. The van der Waals surface area contributed by atoms with Gasteiger partial charge in [-0.3, -0.25) is 0 Å². The second-order valence-electron chi connectivity index (χ2n) is 4.16. The third kappa shape index (κ3) is 1.76. The van der Waals surface area contributed by atoms with Crippen molar-refractivity contribution < 1.29 is 9.47 Å². The van der Waals surface area contributed by atoms with Gasteiger partial charge in [0.1, 0.15) is 0 Å². The van der Waals surface area contributed by atoms with Gasteiger partial charge >= 0.3 is 0 Å². The highest BCUT2D eigenvalue weighted by atomic mass is 16.5. The SMILES string of the molecule is COc1nccc2c1cnn2C1CCCCO1. The van der Waals surface area contributed by atoms with Crippen molar-refractivity contribution in [2.24, 2.45) is 0 Å². The summed E-state index contributed by atoms with van der Waals surface area (Å²) in [4.78, 5) is 4.17. The molecule has 0 aliphatic carbocycles. The highest BCUT2D eigenvalue weighted by Gasteiger charge is 2.19. The Hall–Kier alpha value is -1.62. The van der Waals surface area contributed by atoms with E-state index in [9.17, 15) is 0 Å². The molecular formula is C12H15N3O2. The van der Waals surface area contributed by atoms with Gasteiger partial charge in [0.15, 0.2) is 6.23 Å². The Bertz CT molecular complexity index is 517. The largest absolute Gasteiger partial charge is 0.480 e. The van der Waals surface area contributed by atoms with Crippen molar-refractivity contribution in [3.05, 3.63) is 18.5 Å². The molecule has 3 rings (SSSR count). The van der Waals surface area contributed by atoms with Gasteiger partial charge in [0.2, 0.25) is 5.88 Å². The number of rotatable bonds is 2. The highest BCUT2D eigenvalue weighted by molar-refractivity contribution is 5.83. The van der Waals surface area contributed by atoms with E-state index >= 15 is 0 Å². The van der Waals surface area contributed by atoms with Crippen LogP contribution < -0.4 is 4.74 Å². The molecule has 0 amide bonds. The van der Waals surface area contributed by atoms with Crippen LogP contribution in [-0.2, 0) is 4.74 Å². The van der Waals surface area contributed by atoms with E-state index in [2.05, 4.69) is 10.1 Å². The van der Waals surface area contributed by atoms with E-state index in [1.54, 1.807) is 19.5 Å². The van der Waals surface area contributed by atoms with Crippen molar-refractivity contribution in [1.82, 2.24) is 14.8 Å². The molecule has 5 nitrogen and oxygen atoms in total. The standard InChI is InChI=1S/C12H15N3O2/c1-16-12-9-8-14-15(10(9)5-6-13-12)11-4-2-3-7-17-11/h5-6,8,11H,2-4,7H2,1H3. The van der Waals surface area contributed by atoms with Crippen LogP contribution in [-0.4, -0.2) is 28.5 Å². The van der Waals surface area contributed by atoms with Gasteiger partial charge in [0, 0.05) is 12.8 Å². The van der Waals surface area contributed by atoms with Crippen molar-refractivity contribution in [2.45, 2.75) is 25.5 Å². The van der Waals surface area contributed by atoms with Crippen LogP contribution in [0, 0.1) is 0 Å². The van der Waals surface area contributed by atoms with E-state index in [4.69, 9.17) is 9.47 Å². The monoisotopic (exact) mass is 233 g/mol. The smallest absolute Gasteiger partial charge is 0.224 e. The normalized spacial score (nSPS) is 20.6. The molecule has 1 aliphatic heterocycles. The fraction of sp³-hybridized carbons (Fsp3) is 0.500. The first-order valence-electron chi connectivity index (χ1n) is 5.88. The third-order valence-corrected chi connectivity index (χ3v) is 3.11. The summed E-state index contributed by atoms with van der Waals surface area (Å²) in [5, 5.41) is 5.33. The molecule has 90 valence electrons. The lowest BCUT2D eigenvalue weighted by Crippen LogP contribution is -2.18. The maximum atomic E-state index is 5.74. The van der Waals surface area contributed by atoms with Crippen molar-refractivity contribution in [3.63, 3.8) is 0 Å². The molecule has 5 heteroatoms. The Morgan fingerprint density at radius 2 is 2.41 bits per heavy atom. The summed E-state index contributed by atoms with van der Waals surface area (Å²) >= 11 is 0. The predicted molar refractivity (Wildman–Crippen MR) is 62.9 cm³/mol. The molecule has 1 atom stereocenters. The lowest BCUT2D eigenvalue weighted by Gasteiger charge is -2.23. The highest BCUT2D eigenvalue weighted by Crippen LogP contribution is 2.28. The lowest BCUT2D eigenvalue weighted by molar-refractivity contribution is -0.0366. The molecule has 0 bridgehead atoms. The molecule has 1 unspecified atom stereocenters. The summed E-state index contributed by atoms with van der Waals surface area (Å²) < 4.78 is 12.9. The average Bonchev–Trinajstić information content (AvgIpc) is 2.83. The summed E-state index contributed by atoms with van der Waals surface area (Å²) in [5.74, 6) is 0.615. The first kappa shape index (κ1) is 10.5. The second kappa shape index (κ2) is 4.33. The topological polar surface area (TPSA) is 49.2 Å². The molecule has 1 aliphatic rings. The number of aromatic nitrogens is 3. The summed E-state index contributed by atoms with van der Waals surface area (Å²) in [6, 6.07) is 1.95. The van der Waals surface area contributed by atoms with Gasteiger partial charge in [-0.15, -0.1) is 0 Å². The molecular weight excluding hydrogens is 218 g/mol. The third-order valence-electron chi connectivity index (χ3n) is 3.11. The summed E-state index contributed by atoms with van der Waals surface area (Å²) in [7, 11) is 1.62. The molecule has 0 saturated carbocycles. The van der Waals surface area contributed by atoms with E-state index in [1.165, 1.54) is 6.42 Å². The Kier molecular flexibility index (Phi) is 2.68. The van der Waals surface area contributed by atoms with Crippen LogP contribution in [0.15, 0.2) is 18.5 Å².